The minimum Gasteiger partial charge on any atom is -0.464 e. The average Bonchev–Trinajstić information content (AvgIpc) is 3.16. The summed E-state index contributed by atoms with van der Waals surface area (Å²) in [5.41, 5.74) is 9.96. The van der Waals surface area contributed by atoms with Crippen molar-refractivity contribution in [1.29, 1.82) is 0 Å². The van der Waals surface area contributed by atoms with E-state index in [0.717, 1.165) is 11.3 Å². The predicted octanol–water partition coefficient (Wildman–Crippen LogP) is 4.40. The third kappa shape index (κ3) is 5.08. The Kier molecular flexibility index (Phi) is 5.65. The third-order valence-corrected chi connectivity index (χ3v) is 4.30. The van der Waals surface area contributed by atoms with Crippen LogP contribution in [0.5, 0.6) is 17.6 Å². The molecule has 4 aromatic rings. The average molecular weight is 417 g/mol. The second-order valence-electron chi connectivity index (χ2n) is 7.00. The van der Waals surface area contributed by atoms with Crippen molar-refractivity contribution in [3.8, 4) is 29.0 Å². The number of nitrogen functional groups attached to an aromatic ring is 1. The Labute approximate surface area is 179 Å². The fraction of sp³-hybridized carbons (Fsp3) is 0.182. The van der Waals surface area contributed by atoms with Gasteiger partial charge in [-0.05, 0) is 68.3 Å². The van der Waals surface area contributed by atoms with Gasteiger partial charge in [0.1, 0.15) is 11.6 Å². The lowest BCUT2D eigenvalue weighted by Gasteiger charge is -2.08. The molecular weight excluding hydrogens is 394 g/mol. The van der Waals surface area contributed by atoms with E-state index >= 15 is 0 Å². The number of nitrogens with two attached hydrogens (primary N) is 1. The zero-order valence-corrected chi connectivity index (χ0v) is 17.5. The van der Waals surface area contributed by atoms with Gasteiger partial charge in [0, 0.05) is 17.3 Å². The van der Waals surface area contributed by atoms with E-state index in [1.165, 1.54) is 17.2 Å². The van der Waals surface area contributed by atoms with E-state index in [0.29, 0.717) is 30.0 Å². The van der Waals surface area contributed by atoms with E-state index in [1.807, 2.05) is 31.2 Å². The van der Waals surface area contributed by atoms with Crippen LogP contribution in [0.1, 0.15) is 18.1 Å². The molecule has 9 nitrogen and oxygen atoms in total. The first-order valence-electron chi connectivity index (χ1n) is 9.82. The van der Waals surface area contributed by atoms with Gasteiger partial charge in [-0.2, -0.15) is 9.97 Å². The number of H-pyrrole nitrogens is 1. The highest BCUT2D eigenvalue weighted by molar-refractivity contribution is 5.61. The molecule has 0 bridgehead atoms. The van der Waals surface area contributed by atoms with E-state index in [4.69, 9.17) is 15.2 Å². The van der Waals surface area contributed by atoms with Crippen molar-refractivity contribution in [3.05, 3.63) is 59.7 Å². The zero-order chi connectivity index (χ0) is 21.8. The molecule has 0 unspecified atom stereocenters. The van der Waals surface area contributed by atoms with E-state index < -0.39 is 0 Å². The SMILES string of the molecule is CCOc1nc(N)cc(Oc2ccc(-c3nnc(Nc4cc(C)cc(C)c4)[nH]3)cc2)n1. The van der Waals surface area contributed by atoms with Gasteiger partial charge < -0.3 is 25.5 Å². The molecule has 2 aromatic carbocycles. The Bertz CT molecular complexity index is 1170. The monoisotopic (exact) mass is 417 g/mol. The minimum atomic E-state index is 0.180. The summed E-state index contributed by atoms with van der Waals surface area (Å²) in [4.78, 5) is 11.4. The molecule has 0 aliphatic carbocycles. The number of hydrogen-bond donors (Lipinski definition) is 3. The quantitative estimate of drug-likeness (QED) is 0.404. The standard InChI is InChI=1S/C22H23N7O2/c1-4-30-22-25-18(23)12-19(26-22)31-17-7-5-15(6-8-17)20-27-21(29-28-20)24-16-10-13(2)9-14(3)11-16/h5-12H,4H2,1-3H3,(H2,23,25,26)(H2,24,27,28,29). The van der Waals surface area contributed by atoms with Crippen LogP contribution in [0.15, 0.2) is 48.5 Å². The molecule has 4 N–H and O–H groups in total. The highest BCUT2D eigenvalue weighted by Crippen LogP contribution is 2.26. The van der Waals surface area contributed by atoms with Crippen molar-refractivity contribution >= 4 is 17.5 Å². The molecule has 0 aliphatic heterocycles. The van der Waals surface area contributed by atoms with Crippen LogP contribution in [0.4, 0.5) is 17.5 Å². The number of nitrogens with one attached hydrogen (secondary N) is 2. The van der Waals surface area contributed by atoms with Gasteiger partial charge in [-0.1, -0.05) is 6.07 Å². The van der Waals surface area contributed by atoms with Crippen LogP contribution in [-0.2, 0) is 0 Å². The molecule has 2 aromatic heterocycles. The van der Waals surface area contributed by atoms with Crippen LogP contribution in [0.25, 0.3) is 11.4 Å². The molecule has 9 heteroatoms. The number of nitrogens with zero attached hydrogens (tertiary/aromatic N) is 4. The number of hydrogen-bond acceptors (Lipinski definition) is 8. The number of rotatable bonds is 7. The van der Waals surface area contributed by atoms with Crippen molar-refractivity contribution < 1.29 is 9.47 Å². The molecule has 0 fully saturated rings. The highest BCUT2D eigenvalue weighted by atomic mass is 16.5. The Morgan fingerprint density at radius 2 is 1.71 bits per heavy atom. The van der Waals surface area contributed by atoms with Crippen molar-refractivity contribution in [1.82, 2.24) is 25.1 Å². The molecule has 2 heterocycles. The molecular formula is C22H23N7O2. The number of ether oxygens (including phenoxy) is 2. The highest BCUT2D eigenvalue weighted by Gasteiger charge is 2.09. The van der Waals surface area contributed by atoms with Gasteiger partial charge in [0.05, 0.1) is 6.61 Å². The van der Waals surface area contributed by atoms with Crippen molar-refractivity contribution in [2.75, 3.05) is 17.7 Å². The smallest absolute Gasteiger partial charge is 0.321 e. The fourth-order valence-corrected chi connectivity index (χ4v) is 3.10. The molecule has 4 rings (SSSR count). The minimum absolute atomic E-state index is 0.180. The summed E-state index contributed by atoms with van der Waals surface area (Å²) in [6.07, 6.45) is 0. The van der Waals surface area contributed by atoms with Gasteiger partial charge >= 0.3 is 6.01 Å². The molecule has 0 radical (unpaired) electrons. The molecule has 0 amide bonds. The van der Waals surface area contributed by atoms with Crippen LogP contribution in [-0.4, -0.2) is 31.8 Å². The number of aromatic nitrogens is 5. The summed E-state index contributed by atoms with van der Waals surface area (Å²) in [6.45, 7) is 6.40. The van der Waals surface area contributed by atoms with Gasteiger partial charge in [0.2, 0.25) is 11.8 Å². The maximum absolute atomic E-state index is 5.78. The van der Waals surface area contributed by atoms with Gasteiger partial charge in [0.15, 0.2) is 5.82 Å². The van der Waals surface area contributed by atoms with Crippen molar-refractivity contribution in [2.45, 2.75) is 20.8 Å². The normalized spacial score (nSPS) is 10.7. The van der Waals surface area contributed by atoms with E-state index in [1.54, 1.807) is 0 Å². The molecule has 0 saturated heterocycles. The molecule has 0 atom stereocenters. The number of aromatic amines is 1. The van der Waals surface area contributed by atoms with Gasteiger partial charge in [-0.15, -0.1) is 10.2 Å². The Morgan fingerprint density at radius 3 is 2.42 bits per heavy atom. The molecule has 0 saturated carbocycles. The number of aryl methyl sites for hydroxylation is 2. The molecule has 31 heavy (non-hydrogen) atoms. The van der Waals surface area contributed by atoms with Gasteiger partial charge in [-0.25, -0.2) is 0 Å². The Balaban J connectivity index is 1.46. The number of benzene rings is 2. The first-order chi connectivity index (χ1) is 15.0. The predicted molar refractivity (Wildman–Crippen MR) is 119 cm³/mol. The largest absolute Gasteiger partial charge is 0.464 e. The Hall–Kier alpha value is -4.14. The Morgan fingerprint density at radius 1 is 0.968 bits per heavy atom. The molecule has 0 spiro atoms. The van der Waals surface area contributed by atoms with Crippen molar-refractivity contribution in [2.24, 2.45) is 0 Å². The summed E-state index contributed by atoms with van der Waals surface area (Å²) in [5.74, 6) is 2.39. The van der Waals surface area contributed by atoms with Crippen LogP contribution in [0, 0.1) is 13.8 Å². The lowest BCUT2D eigenvalue weighted by atomic mass is 10.1. The summed E-state index contributed by atoms with van der Waals surface area (Å²) in [7, 11) is 0. The summed E-state index contributed by atoms with van der Waals surface area (Å²) in [6, 6.07) is 15.3. The van der Waals surface area contributed by atoms with Crippen LogP contribution >= 0.6 is 0 Å². The molecule has 158 valence electrons. The van der Waals surface area contributed by atoms with Crippen LogP contribution in [0.2, 0.25) is 0 Å². The summed E-state index contributed by atoms with van der Waals surface area (Å²) >= 11 is 0. The van der Waals surface area contributed by atoms with E-state index in [2.05, 4.69) is 62.5 Å². The third-order valence-electron chi connectivity index (χ3n) is 4.30. The maximum atomic E-state index is 5.78. The summed E-state index contributed by atoms with van der Waals surface area (Å²) < 4.78 is 11.1. The first kappa shape index (κ1) is 20.1. The van der Waals surface area contributed by atoms with Crippen molar-refractivity contribution in [3.63, 3.8) is 0 Å². The lowest BCUT2D eigenvalue weighted by Crippen LogP contribution is -2.01. The maximum Gasteiger partial charge on any atom is 0.321 e. The number of anilines is 3. The lowest BCUT2D eigenvalue weighted by molar-refractivity contribution is 0.307. The fourth-order valence-electron chi connectivity index (χ4n) is 3.10. The summed E-state index contributed by atoms with van der Waals surface area (Å²) in [5, 5.41) is 11.7. The van der Waals surface area contributed by atoms with E-state index in [-0.39, 0.29) is 11.8 Å². The second kappa shape index (κ2) is 8.70. The topological polar surface area (TPSA) is 124 Å². The molecule has 0 aliphatic rings. The zero-order valence-electron chi connectivity index (χ0n) is 17.5. The van der Waals surface area contributed by atoms with Gasteiger partial charge in [0.25, 0.3) is 0 Å². The van der Waals surface area contributed by atoms with Crippen LogP contribution < -0.4 is 20.5 Å². The van der Waals surface area contributed by atoms with Gasteiger partial charge in [-0.3, -0.25) is 0 Å². The van der Waals surface area contributed by atoms with E-state index in [9.17, 15) is 0 Å². The van der Waals surface area contributed by atoms with Crippen LogP contribution in [0.3, 0.4) is 0 Å². The first-order valence-corrected chi connectivity index (χ1v) is 9.82. The second-order valence-corrected chi connectivity index (χ2v) is 7.00.